The second kappa shape index (κ2) is 6.85. The summed E-state index contributed by atoms with van der Waals surface area (Å²) >= 11 is 0. The minimum absolute atomic E-state index is 0.306. The fourth-order valence-corrected chi connectivity index (χ4v) is 2.04. The summed E-state index contributed by atoms with van der Waals surface area (Å²) in [6.45, 7) is 1.69. The molecule has 0 bridgehead atoms. The molecule has 22 heavy (non-hydrogen) atoms. The Balaban J connectivity index is 2.13. The molecule has 0 aromatic heterocycles. The van der Waals surface area contributed by atoms with Gasteiger partial charge in [0.05, 0.1) is 0 Å². The van der Waals surface area contributed by atoms with Gasteiger partial charge in [0.2, 0.25) is 0 Å². The molecule has 0 fully saturated rings. The van der Waals surface area contributed by atoms with Crippen molar-refractivity contribution < 1.29 is 19.1 Å². The number of carboxylic acids is 1. The number of hydrogen-bond donors (Lipinski definition) is 2. The van der Waals surface area contributed by atoms with Gasteiger partial charge in [-0.25, -0.2) is 9.18 Å². The van der Waals surface area contributed by atoms with Crippen LogP contribution in [0, 0.1) is 5.82 Å². The van der Waals surface area contributed by atoms with Crippen LogP contribution in [0.3, 0.4) is 0 Å². The predicted molar refractivity (Wildman–Crippen MR) is 81.0 cm³/mol. The molecule has 0 aliphatic rings. The largest absolute Gasteiger partial charge is 0.480 e. The molecule has 0 unspecified atom stereocenters. The quantitative estimate of drug-likeness (QED) is 0.892. The van der Waals surface area contributed by atoms with E-state index in [4.69, 9.17) is 5.11 Å². The standard InChI is InChI=1S/C17H16FNO3/c1-2-15(17(21)22)19-16(20)13-5-3-11(4-6-13)12-7-9-14(18)10-8-12/h3-10,15H,2H2,1H3,(H,19,20)(H,21,22)/t15-/m0/s1. The van der Waals surface area contributed by atoms with Crippen LogP contribution in [0.2, 0.25) is 0 Å². The van der Waals surface area contributed by atoms with E-state index in [9.17, 15) is 14.0 Å². The van der Waals surface area contributed by atoms with Crippen LogP contribution in [-0.2, 0) is 4.79 Å². The van der Waals surface area contributed by atoms with Crippen molar-refractivity contribution in [2.24, 2.45) is 0 Å². The summed E-state index contributed by atoms with van der Waals surface area (Å²) in [5, 5.41) is 11.4. The van der Waals surface area contributed by atoms with Crippen molar-refractivity contribution in [3.05, 3.63) is 59.9 Å². The SMILES string of the molecule is CC[C@H](NC(=O)c1ccc(-c2ccc(F)cc2)cc1)C(=O)O. The summed E-state index contributed by atoms with van der Waals surface area (Å²) in [4.78, 5) is 22.9. The third-order valence-electron chi connectivity index (χ3n) is 3.34. The number of carbonyl (C=O) groups excluding carboxylic acids is 1. The van der Waals surface area contributed by atoms with Crippen molar-refractivity contribution in [2.45, 2.75) is 19.4 Å². The Morgan fingerprint density at radius 3 is 2.00 bits per heavy atom. The van der Waals surface area contributed by atoms with E-state index in [0.717, 1.165) is 11.1 Å². The van der Waals surface area contributed by atoms with Gasteiger partial charge in [-0.2, -0.15) is 0 Å². The summed E-state index contributed by atoms with van der Waals surface area (Å²) in [5.74, 6) is -1.79. The van der Waals surface area contributed by atoms with Crippen molar-refractivity contribution in [1.82, 2.24) is 5.32 Å². The average Bonchev–Trinajstić information content (AvgIpc) is 2.53. The minimum atomic E-state index is -1.06. The van der Waals surface area contributed by atoms with E-state index in [2.05, 4.69) is 5.32 Å². The van der Waals surface area contributed by atoms with Crippen molar-refractivity contribution in [1.29, 1.82) is 0 Å². The van der Waals surface area contributed by atoms with E-state index < -0.39 is 17.9 Å². The van der Waals surface area contributed by atoms with Gasteiger partial charge in [-0.3, -0.25) is 4.79 Å². The molecule has 0 saturated heterocycles. The number of benzene rings is 2. The molecule has 5 heteroatoms. The van der Waals surface area contributed by atoms with E-state index >= 15 is 0 Å². The number of halogens is 1. The van der Waals surface area contributed by atoms with Gasteiger partial charge >= 0.3 is 5.97 Å². The Morgan fingerprint density at radius 2 is 1.55 bits per heavy atom. The highest BCUT2D eigenvalue weighted by atomic mass is 19.1. The van der Waals surface area contributed by atoms with Crippen molar-refractivity contribution in [3.8, 4) is 11.1 Å². The van der Waals surface area contributed by atoms with Crippen LogP contribution >= 0.6 is 0 Å². The van der Waals surface area contributed by atoms with Gasteiger partial charge in [0.15, 0.2) is 0 Å². The molecule has 2 rings (SSSR count). The van der Waals surface area contributed by atoms with Gasteiger partial charge in [0, 0.05) is 5.56 Å². The van der Waals surface area contributed by atoms with E-state index in [1.165, 1.54) is 12.1 Å². The summed E-state index contributed by atoms with van der Waals surface area (Å²) in [6, 6.07) is 11.9. The van der Waals surface area contributed by atoms with Crippen LogP contribution in [0.1, 0.15) is 23.7 Å². The van der Waals surface area contributed by atoms with Gasteiger partial charge in [0.25, 0.3) is 5.91 Å². The number of carbonyl (C=O) groups is 2. The van der Waals surface area contributed by atoms with Crippen molar-refractivity contribution in [3.63, 3.8) is 0 Å². The number of carboxylic acid groups (broad SMARTS) is 1. The third kappa shape index (κ3) is 3.69. The second-order valence-corrected chi connectivity index (χ2v) is 4.86. The Kier molecular flexibility index (Phi) is 4.88. The van der Waals surface area contributed by atoms with E-state index in [0.29, 0.717) is 12.0 Å². The maximum absolute atomic E-state index is 12.9. The summed E-state index contributed by atoms with van der Waals surface area (Å²) in [7, 11) is 0. The molecule has 1 amide bonds. The molecule has 2 N–H and O–H groups in total. The van der Waals surface area contributed by atoms with Crippen LogP contribution in [-0.4, -0.2) is 23.0 Å². The molecule has 4 nitrogen and oxygen atoms in total. The van der Waals surface area contributed by atoms with Gasteiger partial charge in [-0.1, -0.05) is 31.2 Å². The summed E-state index contributed by atoms with van der Waals surface area (Å²) in [5.41, 5.74) is 2.07. The van der Waals surface area contributed by atoms with Crippen molar-refractivity contribution >= 4 is 11.9 Å². The number of amides is 1. The van der Waals surface area contributed by atoms with Gasteiger partial charge < -0.3 is 10.4 Å². The van der Waals surface area contributed by atoms with E-state index in [1.807, 2.05) is 0 Å². The number of rotatable bonds is 5. The molecule has 0 spiro atoms. The first-order valence-electron chi connectivity index (χ1n) is 6.91. The van der Waals surface area contributed by atoms with Gasteiger partial charge in [-0.15, -0.1) is 0 Å². The number of hydrogen-bond acceptors (Lipinski definition) is 2. The zero-order valence-electron chi connectivity index (χ0n) is 12.0. The highest BCUT2D eigenvalue weighted by Crippen LogP contribution is 2.20. The molecular formula is C17H16FNO3. The lowest BCUT2D eigenvalue weighted by Crippen LogP contribution is -2.40. The lowest BCUT2D eigenvalue weighted by molar-refractivity contribution is -0.139. The fourth-order valence-electron chi connectivity index (χ4n) is 2.04. The van der Waals surface area contributed by atoms with Crippen molar-refractivity contribution in [2.75, 3.05) is 0 Å². The van der Waals surface area contributed by atoms with Crippen LogP contribution in [0.4, 0.5) is 4.39 Å². The molecule has 0 radical (unpaired) electrons. The highest BCUT2D eigenvalue weighted by Gasteiger charge is 2.18. The van der Waals surface area contributed by atoms with Crippen LogP contribution in [0.5, 0.6) is 0 Å². The second-order valence-electron chi connectivity index (χ2n) is 4.86. The third-order valence-corrected chi connectivity index (χ3v) is 3.34. The molecule has 0 aliphatic carbocycles. The highest BCUT2D eigenvalue weighted by molar-refractivity contribution is 5.96. The number of nitrogens with one attached hydrogen (secondary N) is 1. The lowest BCUT2D eigenvalue weighted by Gasteiger charge is -2.12. The summed E-state index contributed by atoms with van der Waals surface area (Å²) in [6.07, 6.45) is 0.314. The molecule has 114 valence electrons. The first-order valence-corrected chi connectivity index (χ1v) is 6.91. The summed E-state index contributed by atoms with van der Waals surface area (Å²) < 4.78 is 12.9. The Labute approximate surface area is 127 Å². The maximum Gasteiger partial charge on any atom is 0.326 e. The number of aliphatic carboxylic acids is 1. The molecular weight excluding hydrogens is 285 g/mol. The monoisotopic (exact) mass is 301 g/mol. The van der Waals surface area contributed by atoms with Gasteiger partial charge in [0.1, 0.15) is 11.9 Å². The molecule has 0 saturated carbocycles. The first kappa shape index (κ1) is 15.7. The Morgan fingerprint density at radius 1 is 1.05 bits per heavy atom. The van der Waals surface area contributed by atoms with E-state index in [1.54, 1.807) is 43.3 Å². The molecule has 0 aliphatic heterocycles. The zero-order chi connectivity index (χ0) is 16.1. The lowest BCUT2D eigenvalue weighted by atomic mass is 10.0. The maximum atomic E-state index is 12.9. The molecule has 2 aromatic carbocycles. The van der Waals surface area contributed by atoms with Gasteiger partial charge in [-0.05, 0) is 41.8 Å². The molecule has 1 atom stereocenters. The Hall–Kier alpha value is -2.69. The van der Waals surface area contributed by atoms with Crippen LogP contribution < -0.4 is 5.32 Å². The fraction of sp³-hybridized carbons (Fsp3) is 0.176. The van der Waals surface area contributed by atoms with Crippen LogP contribution in [0.15, 0.2) is 48.5 Å². The normalized spacial score (nSPS) is 11.7. The Bertz CT molecular complexity index is 665. The predicted octanol–water partition coefficient (Wildman–Crippen LogP) is 3.09. The van der Waals surface area contributed by atoms with E-state index in [-0.39, 0.29) is 5.82 Å². The topological polar surface area (TPSA) is 66.4 Å². The van der Waals surface area contributed by atoms with Crippen LogP contribution in [0.25, 0.3) is 11.1 Å². The minimum Gasteiger partial charge on any atom is -0.480 e. The zero-order valence-corrected chi connectivity index (χ0v) is 12.0. The smallest absolute Gasteiger partial charge is 0.326 e. The molecule has 0 heterocycles. The molecule has 2 aromatic rings. The first-order chi connectivity index (χ1) is 10.5. The average molecular weight is 301 g/mol.